The summed E-state index contributed by atoms with van der Waals surface area (Å²) >= 11 is 1.49. The molecule has 1 aliphatic heterocycles. The molecule has 0 unspecified atom stereocenters. The van der Waals surface area contributed by atoms with Crippen molar-refractivity contribution in [3.05, 3.63) is 57.9 Å². The van der Waals surface area contributed by atoms with Crippen LogP contribution in [0.25, 0.3) is 6.08 Å². The van der Waals surface area contributed by atoms with Crippen molar-refractivity contribution in [2.24, 2.45) is 4.99 Å². The average Bonchev–Trinajstić information content (AvgIpc) is 3.10. The lowest BCUT2D eigenvalue weighted by atomic mass is 10.1. The van der Waals surface area contributed by atoms with Gasteiger partial charge in [-0.1, -0.05) is 18.2 Å². The van der Waals surface area contributed by atoms with Gasteiger partial charge in [0.05, 0.1) is 4.88 Å². The lowest BCUT2D eigenvalue weighted by molar-refractivity contribution is -0.129. The van der Waals surface area contributed by atoms with E-state index in [-0.39, 0.29) is 0 Å². The van der Waals surface area contributed by atoms with E-state index in [0.717, 1.165) is 16.1 Å². The van der Waals surface area contributed by atoms with E-state index in [2.05, 4.69) is 4.99 Å². The first kappa shape index (κ1) is 13.6. The lowest BCUT2D eigenvalue weighted by Gasteiger charge is -2.11. The van der Waals surface area contributed by atoms with Crippen molar-refractivity contribution in [3.8, 4) is 0 Å². The van der Waals surface area contributed by atoms with Crippen LogP contribution >= 0.6 is 11.3 Å². The highest BCUT2D eigenvalue weighted by Crippen LogP contribution is 2.22. The van der Waals surface area contributed by atoms with Crippen molar-refractivity contribution in [3.63, 3.8) is 0 Å². The molecule has 0 fully saturated rings. The van der Waals surface area contributed by atoms with Crippen LogP contribution in [0.4, 0.5) is 5.69 Å². The van der Waals surface area contributed by atoms with Crippen LogP contribution in [0.5, 0.6) is 0 Å². The minimum atomic E-state index is -0.407. The van der Waals surface area contributed by atoms with Gasteiger partial charge in [-0.2, -0.15) is 0 Å². The second-order valence-corrected chi connectivity index (χ2v) is 5.75. The maximum Gasteiger partial charge on any atom is 0.363 e. The zero-order valence-electron chi connectivity index (χ0n) is 11.7. The van der Waals surface area contributed by atoms with Gasteiger partial charge in [-0.3, -0.25) is 0 Å². The molecule has 0 saturated heterocycles. The zero-order valence-corrected chi connectivity index (χ0v) is 12.6. The summed E-state index contributed by atoms with van der Waals surface area (Å²) in [7, 11) is 3.97. The fourth-order valence-corrected chi connectivity index (χ4v) is 2.59. The van der Waals surface area contributed by atoms with Crippen LogP contribution in [-0.4, -0.2) is 26.0 Å². The number of hydrogen-bond donors (Lipinski definition) is 0. The van der Waals surface area contributed by atoms with Crippen LogP contribution in [0.1, 0.15) is 10.4 Å². The van der Waals surface area contributed by atoms with Gasteiger partial charge in [0.2, 0.25) is 5.90 Å². The second-order valence-electron chi connectivity index (χ2n) is 4.80. The van der Waals surface area contributed by atoms with Crippen LogP contribution in [0.3, 0.4) is 0 Å². The third-order valence-electron chi connectivity index (χ3n) is 3.07. The van der Waals surface area contributed by atoms with Crippen LogP contribution < -0.4 is 4.90 Å². The number of aliphatic imine (C=N–C) groups is 1. The predicted molar refractivity (Wildman–Crippen MR) is 85.7 cm³/mol. The quantitative estimate of drug-likeness (QED) is 0.645. The number of anilines is 1. The molecular formula is C16H14N2O2S. The number of carbonyl (C=O) groups excluding carboxylic acids is 1. The number of benzene rings is 1. The van der Waals surface area contributed by atoms with Gasteiger partial charge in [0.1, 0.15) is 0 Å². The molecule has 5 heteroatoms. The van der Waals surface area contributed by atoms with Crippen molar-refractivity contribution in [1.29, 1.82) is 0 Å². The molecule has 1 aromatic carbocycles. The molecule has 1 aromatic heterocycles. The largest absolute Gasteiger partial charge is 0.401 e. The van der Waals surface area contributed by atoms with E-state index < -0.39 is 5.97 Å². The Morgan fingerprint density at radius 2 is 1.95 bits per heavy atom. The van der Waals surface area contributed by atoms with Crippen LogP contribution in [0.15, 0.2) is 52.5 Å². The van der Waals surface area contributed by atoms with Crippen LogP contribution in [0, 0.1) is 0 Å². The number of cyclic esters (lactones) is 1. The number of esters is 1. The van der Waals surface area contributed by atoms with E-state index >= 15 is 0 Å². The van der Waals surface area contributed by atoms with Gasteiger partial charge < -0.3 is 9.64 Å². The molecule has 0 bridgehead atoms. The summed E-state index contributed by atoms with van der Waals surface area (Å²) in [5.41, 5.74) is 2.36. The third kappa shape index (κ3) is 2.87. The van der Waals surface area contributed by atoms with E-state index in [1.54, 1.807) is 6.08 Å². The van der Waals surface area contributed by atoms with Crippen molar-refractivity contribution < 1.29 is 9.53 Å². The number of carbonyl (C=O) groups is 1. The summed E-state index contributed by atoms with van der Waals surface area (Å²) in [4.78, 5) is 19.0. The Labute approximate surface area is 127 Å². The smallest absolute Gasteiger partial charge is 0.363 e. The van der Waals surface area contributed by atoms with Crippen molar-refractivity contribution in [2.45, 2.75) is 0 Å². The molecule has 2 heterocycles. The molecule has 0 N–H and O–H groups in total. The van der Waals surface area contributed by atoms with Gasteiger partial charge in [0.15, 0.2) is 5.70 Å². The molecule has 0 amide bonds. The second kappa shape index (κ2) is 5.54. The Morgan fingerprint density at radius 1 is 1.19 bits per heavy atom. The minimum absolute atomic E-state index is 0.330. The fraction of sp³-hybridized carbons (Fsp3) is 0.125. The van der Waals surface area contributed by atoms with E-state index in [4.69, 9.17) is 4.74 Å². The standard InChI is InChI=1S/C16H14N2O2S/c1-18(2)12-7-5-11(6-8-12)10-13-16(19)20-15(17-13)14-4-3-9-21-14/h3-10H,1-2H3/b13-10-. The first-order valence-corrected chi connectivity index (χ1v) is 7.35. The molecule has 1 aliphatic rings. The first-order chi connectivity index (χ1) is 10.1. The Balaban J connectivity index is 1.87. The molecule has 0 radical (unpaired) electrons. The van der Waals surface area contributed by atoms with Gasteiger partial charge in [-0.25, -0.2) is 9.79 Å². The van der Waals surface area contributed by atoms with Crippen LogP contribution in [0.2, 0.25) is 0 Å². The molecular weight excluding hydrogens is 284 g/mol. The molecule has 3 rings (SSSR count). The highest BCUT2D eigenvalue weighted by molar-refractivity contribution is 7.12. The summed E-state index contributed by atoms with van der Waals surface area (Å²) in [5, 5.41) is 1.92. The Morgan fingerprint density at radius 3 is 2.57 bits per heavy atom. The maximum absolute atomic E-state index is 11.9. The molecule has 106 valence electrons. The van der Waals surface area contributed by atoms with E-state index in [9.17, 15) is 4.79 Å². The van der Waals surface area contributed by atoms with Crippen LogP contribution in [-0.2, 0) is 9.53 Å². The number of ether oxygens (including phenoxy) is 1. The van der Waals surface area contributed by atoms with Gasteiger partial charge in [0.25, 0.3) is 0 Å². The Hall–Kier alpha value is -2.40. The Kier molecular flexibility index (Phi) is 3.58. The predicted octanol–water partition coefficient (Wildman–Crippen LogP) is 3.16. The number of thiophene rings is 1. The number of rotatable bonds is 3. The van der Waals surface area contributed by atoms with E-state index in [0.29, 0.717) is 11.6 Å². The van der Waals surface area contributed by atoms with E-state index in [1.165, 1.54) is 11.3 Å². The molecule has 0 aliphatic carbocycles. The lowest BCUT2D eigenvalue weighted by Crippen LogP contribution is -2.07. The van der Waals surface area contributed by atoms with Crippen molar-refractivity contribution >= 4 is 35.0 Å². The highest BCUT2D eigenvalue weighted by Gasteiger charge is 2.24. The van der Waals surface area contributed by atoms with Gasteiger partial charge in [-0.05, 0) is 35.2 Å². The number of nitrogens with zero attached hydrogens (tertiary/aromatic N) is 2. The zero-order chi connectivity index (χ0) is 14.8. The van der Waals surface area contributed by atoms with Gasteiger partial charge >= 0.3 is 5.97 Å². The monoisotopic (exact) mass is 298 g/mol. The summed E-state index contributed by atoms with van der Waals surface area (Å²) in [5.74, 6) is -0.0266. The summed E-state index contributed by atoms with van der Waals surface area (Å²) in [6.45, 7) is 0. The SMILES string of the molecule is CN(C)c1ccc(/C=C2\N=C(c3cccs3)OC2=O)cc1. The highest BCUT2D eigenvalue weighted by atomic mass is 32.1. The van der Waals surface area contributed by atoms with Gasteiger partial charge in [0, 0.05) is 19.8 Å². The molecule has 21 heavy (non-hydrogen) atoms. The molecule has 4 nitrogen and oxygen atoms in total. The third-order valence-corrected chi connectivity index (χ3v) is 3.92. The first-order valence-electron chi connectivity index (χ1n) is 6.47. The number of hydrogen-bond acceptors (Lipinski definition) is 5. The average molecular weight is 298 g/mol. The maximum atomic E-state index is 11.9. The van der Waals surface area contributed by atoms with Crippen molar-refractivity contribution in [2.75, 3.05) is 19.0 Å². The topological polar surface area (TPSA) is 41.9 Å². The van der Waals surface area contributed by atoms with Gasteiger partial charge in [-0.15, -0.1) is 11.3 Å². The Bertz CT molecular complexity index is 713. The van der Waals surface area contributed by atoms with E-state index in [1.807, 2.05) is 60.8 Å². The van der Waals surface area contributed by atoms with Crippen molar-refractivity contribution in [1.82, 2.24) is 0 Å². The molecule has 0 atom stereocenters. The summed E-state index contributed by atoms with van der Waals surface area (Å²) < 4.78 is 5.20. The normalized spacial score (nSPS) is 16.0. The molecule has 0 spiro atoms. The molecule has 2 aromatic rings. The molecule has 0 saturated carbocycles. The summed E-state index contributed by atoms with van der Waals surface area (Å²) in [6, 6.07) is 11.7. The minimum Gasteiger partial charge on any atom is -0.401 e. The summed E-state index contributed by atoms with van der Waals surface area (Å²) in [6.07, 6.45) is 1.74. The fourth-order valence-electron chi connectivity index (χ4n) is 1.94.